The Morgan fingerprint density at radius 1 is 1.20 bits per heavy atom. The largest absolute Gasteiger partial charge is 0.472 e. The lowest BCUT2D eigenvalue weighted by Crippen LogP contribution is -2.43. The van der Waals surface area contributed by atoms with Gasteiger partial charge in [-0.1, -0.05) is 0 Å². The highest BCUT2D eigenvalue weighted by Crippen LogP contribution is 2.44. The van der Waals surface area contributed by atoms with Crippen LogP contribution >= 0.6 is 0 Å². The van der Waals surface area contributed by atoms with Crippen LogP contribution < -0.4 is 10.5 Å². The van der Waals surface area contributed by atoms with Crippen LogP contribution in [0, 0.1) is 0 Å². The third-order valence-electron chi connectivity index (χ3n) is 4.27. The number of fused-ring (bicyclic) bond motifs is 5. The Bertz CT molecular complexity index is 916. The molecule has 8 nitrogen and oxygen atoms in total. The zero-order valence-corrected chi connectivity index (χ0v) is 15.3. The maximum atomic E-state index is 13.5. The monoisotopic (exact) mass is 442 g/mol. The molecular formula is C16H16F6N4O4. The fourth-order valence-corrected chi connectivity index (χ4v) is 2.74. The highest BCUT2D eigenvalue weighted by molar-refractivity contribution is 5.68. The summed E-state index contributed by atoms with van der Waals surface area (Å²) in [5, 5.41) is 16.8. The van der Waals surface area contributed by atoms with Crippen molar-refractivity contribution in [1.29, 1.82) is 0 Å². The Morgan fingerprint density at radius 3 is 2.53 bits per heavy atom. The summed E-state index contributed by atoms with van der Waals surface area (Å²) in [5.74, 6) is -2.78. The zero-order valence-electron chi connectivity index (χ0n) is 15.3. The lowest BCUT2D eigenvalue weighted by molar-refractivity contribution is -0.277. The maximum Gasteiger partial charge on any atom is 0.426 e. The molecule has 0 aliphatic carbocycles. The first-order valence-electron chi connectivity index (χ1n) is 8.58. The third-order valence-corrected chi connectivity index (χ3v) is 4.27. The van der Waals surface area contributed by atoms with E-state index in [0.29, 0.717) is 6.07 Å². The summed E-state index contributed by atoms with van der Waals surface area (Å²) in [6.45, 7) is 0.918. The van der Waals surface area contributed by atoms with E-state index in [1.54, 1.807) is 0 Å². The summed E-state index contributed by atoms with van der Waals surface area (Å²) in [7, 11) is 0. The first-order valence-corrected chi connectivity index (χ1v) is 8.58. The Kier molecular flexibility index (Phi) is 5.58. The summed E-state index contributed by atoms with van der Waals surface area (Å²) in [6, 6.07) is 0.497. The van der Waals surface area contributed by atoms with Gasteiger partial charge >= 0.3 is 12.4 Å². The number of nitrogen functional groups attached to an aromatic ring is 1. The second kappa shape index (κ2) is 7.58. The minimum absolute atomic E-state index is 0.235. The van der Waals surface area contributed by atoms with Gasteiger partial charge in [-0.2, -0.15) is 26.3 Å². The lowest BCUT2D eigenvalue weighted by atomic mass is 9.97. The number of rotatable bonds is 0. The smallest absolute Gasteiger partial charge is 0.426 e. The fraction of sp³-hybridized carbons (Fsp3) is 0.562. The SMILES string of the molecule is C[C@@H]1COCCC[C@](O)(C(F)(F)F)c2nnc(o2)-c2nc(c(C(F)(F)F)cc2N)O1. The molecule has 0 fully saturated rings. The number of nitrogens with zero attached hydrogens (tertiary/aromatic N) is 3. The summed E-state index contributed by atoms with van der Waals surface area (Å²) in [4.78, 5) is 3.65. The van der Waals surface area contributed by atoms with E-state index in [1.807, 2.05) is 0 Å². The van der Waals surface area contributed by atoms with E-state index in [1.165, 1.54) is 6.92 Å². The van der Waals surface area contributed by atoms with E-state index in [9.17, 15) is 31.4 Å². The number of aromatic nitrogens is 3. The van der Waals surface area contributed by atoms with Gasteiger partial charge in [0.05, 0.1) is 12.3 Å². The average molecular weight is 442 g/mol. The molecule has 166 valence electrons. The minimum atomic E-state index is -5.17. The molecule has 0 saturated carbocycles. The topological polar surface area (TPSA) is 117 Å². The quantitative estimate of drug-likeness (QED) is 0.598. The molecule has 1 aliphatic rings. The van der Waals surface area contributed by atoms with Gasteiger partial charge in [-0.3, -0.25) is 0 Å². The molecule has 0 unspecified atom stereocenters. The van der Waals surface area contributed by atoms with Crippen molar-refractivity contribution in [3.05, 3.63) is 17.5 Å². The average Bonchev–Trinajstić information content (AvgIpc) is 3.10. The second-order valence-electron chi connectivity index (χ2n) is 6.65. The molecule has 4 bridgehead atoms. The van der Waals surface area contributed by atoms with Crippen molar-refractivity contribution in [1.82, 2.24) is 15.2 Å². The molecule has 30 heavy (non-hydrogen) atoms. The normalized spacial score (nSPS) is 23.5. The zero-order chi connectivity index (χ0) is 22.3. The molecule has 3 rings (SSSR count). The molecule has 3 N–H and O–H groups in total. The summed E-state index contributed by atoms with van der Waals surface area (Å²) in [5.41, 5.74) is -0.293. The molecule has 14 heteroatoms. The van der Waals surface area contributed by atoms with Crippen molar-refractivity contribution in [3.8, 4) is 17.5 Å². The number of nitrogens with two attached hydrogens (primary N) is 1. The number of hydrogen-bond acceptors (Lipinski definition) is 8. The van der Waals surface area contributed by atoms with E-state index in [-0.39, 0.29) is 19.6 Å². The van der Waals surface area contributed by atoms with Crippen molar-refractivity contribution >= 4 is 5.69 Å². The number of halogens is 6. The van der Waals surface area contributed by atoms with E-state index < -0.39 is 65.1 Å². The van der Waals surface area contributed by atoms with Crippen LogP contribution in [0.5, 0.6) is 5.88 Å². The van der Waals surface area contributed by atoms with Crippen molar-refractivity contribution < 1.29 is 45.3 Å². The van der Waals surface area contributed by atoms with Crippen LogP contribution in [0.2, 0.25) is 0 Å². The molecule has 2 aromatic rings. The first kappa shape index (κ1) is 22.1. The van der Waals surface area contributed by atoms with Crippen LogP contribution in [0.15, 0.2) is 10.5 Å². The number of ether oxygens (including phenoxy) is 2. The van der Waals surface area contributed by atoms with Crippen molar-refractivity contribution in [2.24, 2.45) is 0 Å². The maximum absolute atomic E-state index is 13.5. The van der Waals surface area contributed by atoms with E-state index in [4.69, 9.17) is 19.6 Å². The van der Waals surface area contributed by atoms with E-state index >= 15 is 0 Å². The van der Waals surface area contributed by atoms with Gasteiger partial charge in [0, 0.05) is 6.61 Å². The number of hydrogen-bond donors (Lipinski definition) is 2. The van der Waals surface area contributed by atoms with Gasteiger partial charge in [0.15, 0.2) is 5.69 Å². The highest BCUT2D eigenvalue weighted by Gasteiger charge is 2.58. The molecule has 0 aromatic carbocycles. The Hall–Kier alpha value is -2.61. The fourth-order valence-electron chi connectivity index (χ4n) is 2.74. The lowest BCUT2D eigenvalue weighted by Gasteiger charge is -2.27. The Balaban J connectivity index is 2.17. The number of pyridine rings is 1. The molecule has 0 saturated heterocycles. The summed E-state index contributed by atoms with van der Waals surface area (Å²) >= 11 is 0. The Morgan fingerprint density at radius 2 is 1.90 bits per heavy atom. The van der Waals surface area contributed by atoms with Gasteiger partial charge in [-0.15, -0.1) is 10.2 Å². The van der Waals surface area contributed by atoms with Crippen LogP contribution in [0.3, 0.4) is 0 Å². The number of alkyl halides is 6. The highest BCUT2D eigenvalue weighted by atomic mass is 19.4. The van der Waals surface area contributed by atoms with Crippen LogP contribution in [-0.4, -0.2) is 45.8 Å². The third kappa shape index (κ3) is 4.14. The predicted molar refractivity (Wildman–Crippen MR) is 87.0 cm³/mol. The van der Waals surface area contributed by atoms with Crippen molar-refractivity contribution in [2.45, 2.75) is 43.8 Å². The van der Waals surface area contributed by atoms with Crippen molar-refractivity contribution in [3.63, 3.8) is 0 Å². The van der Waals surface area contributed by atoms with Crippen LogP contribution in [0.25, 0.3) is 11.6 Å². The molecule has 0 spiro atoms. The van der Waals surface area contributed by atoms with Crippen molar-refractivity contribution in [2.75, 3.05) is 18.9 Å². The van der Waals surface area contributed by atoms with E-state index in [2.05, 4.69) is 15.2 Å². The van der Waals surface area contributed by atoms with Gasteiger partial charge in [0.25, 0.3) is 11.8 Å². The van der Waals surface area contributed by atoms with Gasteiger partial charge in [0.1, 0.15) is 11.7 Å². The molecular weight excluding hydrogens is 426 g/mol. The van der Waals surface area contributed by atoms with Gasteiger partial charge in [0.2, 0.25) is 11.5 Å². The molecule has 3 heterocycles. The molecule has 0 radical (unpaired) electrons. The van der Waals surface area contributed by atoms with Crippen LogP contribution in [0.4, 0.5) is 32.0 Å². The van der Waals surface area contributed by atoms with Crippen LogP contribution in [0.1, 0.15) is 31.2 Å². The predicted octanol–water partition coefficient (Wildman–Crippen LogP) is 3.06. The molecule has 1 aliphatic heterocycles. The number of anilines is 1. The summed E-state index contributed by atoms with van der Waals surface area (Å²) < 4.78 is 95.9. The van der Waals surface area contributed by atoms with Gasteiger partial charge in [-0.25, -0.2) is 4.98 Å². The molecule has 2 aromatic heterocycles. The van der Waals surface area contributed by atoms with E-state index in [0.717, 1.165) is 0 Å². The molecule has 2 atom stereocenters. The van der Waals surface area contributed by atoms with Crippen LogP contribution in [-0.2, 0) is 16.5 Å². The van der Waals surface area contributed by atoms with Gasteiger partial charge < -0.3 is 24.7 Å². The summed E-state index contributed by atoms with van der Waals surface area (Å²) in [6.07, 6.45) is -12.1. The molecule has 0 amide bonds. The standard InChI is InChI=1S/C16H16F6N4O4/c1-7-6-28-4-2-3-14(27,16(20,21)22)13-26-25-12(30-13)10-9(23)5-8(15(17,18)19)11(24-10)29-7/h5,7,27H,2-4,6,23H2,1H3/t7-,14-/m1/s1. The van der Waals surface area contributed by atoms with Gasteiger partial charge in [-0.05, 0) is 25.8 Å². The number of aliphatic hydroxyl groups is 1. The first-order chi connectivity index (χ1) is 13.8. The minimum Gasteiger partial charge on any atom is -0.472 e. The second-order valence-corrected chi connectivity index (χ2v) is 6.65. The Labute approximate surface area is 165 Å².